The molecule has 1 saturated heterocycles. The summed E-state index contributed by atoms with van der Waals surface area (Å²) in [6.07, 6.45) is 1.63. The number of carbonyl (C=O) groups is 3. The first-order chi connectivity index (χ1) is 19.8. The Labute approximate surface area is 242 Å². The number of hydrogen-bond donors (Lipinski definition) is 3. The highest BCUT2D eigenvalue weighted by Crippen LogP contribution is 2.41. The van der Waals surface area contributed by atoms with E-state index in [0.29, 0.717) is 17.3 Å². The summed E-state index contributed by atoms with van der Waals surface area (Å²) in [6, 6.07) is 3.85. The fraction of sp³-hybridized carbons (Fsp3) is 0.227. The van der Waals surface area contributed by atoms with E-state index >= 15 is 0 Å². The summed E-state index contributed by atoms with van der Waals surface area (Å²) in [6.45, 7) is 4.03. The van der Waals surface area contributed by atoms with Crippen molar-refractivity contribution in [3.05, 3.63) is 59.8 Å². The Hall–Kier alpha value is -4.36. The first-order valence-corrected chi connectivity index (χ1v) is 14.4. The average molecular weight is 619 g/mol. The number of amides is 2. The number of aromatic nitrogens is 6. The minimum Gasteiger partial charge on any atom is -0.477 e. The number of hydrogen-bond acceptors (Lipinski definition) is 14. The number of rotatable bonds is 11. The lowest BCUT2D eigenvalue weighted by Crippen LogP contribution is -2.71. The number of oxime groups is 1. The molecule has 0 aliphatic carbocycles. The molecule has 1 fully saturated rings. The van der Waals surface area contributed by atoms with Crippen molar-refractivity contribution in [3.63, 3.8) is 0 Å². The molecule has 4 N–H and O–H groups in total. The number of fused-ring (bicyclic) bond motifs is 1. The average Bonchev–Trinajstić information content (AvgIpc) is 3.59. The lowest BCUT2D eigenvalue weighted by Gasteiger charge is -2.49. The standard InChI is InChI=1S/C22H19FN10O5S3/c1-2-7-32-22(27-30-31-32)40-9-10-8-39-19-14(18(35)33(19)15(10)20(36)37)25-17(34)13(16-26-21(24)41-29-16)28-38-12-5-3-11(23)4-6-12/h2-6,14,19H,1,7-9H2,(H,25,34)(H,36,37)(H2,24,26,29)/b28-13+. The second-order valence-corrected chi connectivity index (χ2v) is 11.1. The number of carboxylic acid groups (broad SMARTS) is 1. The molecule has 2 amide bonds. The molecule has 2 atom stereocenters. The normalized spacial score (nSPS) is 18.5. The highest BCUT2D eigenvalue weighted by Gasteiger charge is 2.54. The molecule has 0 bridgehead atoms. The summed E-state index contributed by atoms with van der Waals surface area (Å²) in [5.41, 5.74) is 5.64. The number of aliphatic carboxylic acids is 1. The monoisotopic (exact) mass is 618 g/mol. The summed E-state index contributed by atoms with van der Waals surface area (Å²) >= 11 is 3.35. The van der Waals surface area contributed by atoms with Crippen LogP contribution in [0.2, 0.25) is 0 Å². The number of carboxylic acids is 1. The van der Waals surface area contributed by atoms with Gasteiger partial charge in [0, 0.05) is 23.0 Å². The van der Waals surface area contributed by atoms with E-state index in [9.17, 15) is 23.9 Å². The number of anilines is 1. The van der Waals surface area contributed by atoms with Gasteiger partial charge in [0.1, 0.15) is 22.9 Å². The third kappa shape index (κ3) is 5.91. The zero-order chi connectivity index (χ0) is 29.1. The van der Waals surface area contributed by atoms with Crippen molar-refractivity contribution in [3.8, 4) is 5.75 Å². The Morgan fingerprint density at radius 2 is 2.15 bits per heavy atom. The largest absolute Gasteiger partial charge is 0.477 e. The lowest BCUT2D eigenvalue weighted by molar-refractivity contribution is -0.150. The quantitative estimate of drug-likeness (QED) is 0.0893. The van der Waals surface area contributed by atoms with Gasteiger partial charge in [-0.3, -0.25) is 14.5 Å². The van der Waals surface area contributed by atoms with Crippen LogP contribution in [-0.2, 0) is 20.9 Å². The number of nitrogens with one attached hydrogen (secondary N) is 1. The van der Waals surface area contributed by atoms with Gasteiger partial charge in [-0.25, -0.2) is 13.9 Å². The third-order valence-corrected chi connectivity index (χ3v) is 8.56. The number of benzene rings is 1. The van der Waals surface area contributed by atoms with Gasteiger partial charge in [0.25, 0.3) is 11.8 Å². The minimum absolute atomic E-state index is 0.0659. The fourth-order valence-electron chi connectivity index (χ4n) is 3.80. The molecule has 2 unspecified atom stereocenters. The molecule has 41 heavy (non-hydrogen) atoms. The van der Waals surface area contributed by atoms with Gasteiger partial charge in [0.05, 0.1) is 6.54 Å². The Morgan fingerprint density at radius 3 is 2.83 bits per heavy atom. The van der Waals surface area contributed by atoms with Crippen molar-refractivity contribution in [2.24, 2.45) is 5.16 Å². The molecule has 0 radical (unpaired) electrons. The number of allylic oxidation sites excluding steroid dienone is 1. The molecule has 1 aromatic carbocycles. The van der Waals surface area contributed by atoms with Crippen LogP contribution in [0.4, 0.5) is 9.52 Å². The topological polar surface area (TPSA) is 204 Å². The molecular weight excluding hydrogens is 600 g/mol. The zero-order valence-electron chi connectivity index (χ0n) is 20.7. The second kappa shape index (κ2) is 12.0. The van der Waals surface area contributed by atoms with Crippen LogP contribution in [0.5, 0.6) is 5.75 Å². The predicted octanol–water partition coefficient (Wildman–Crippen LogP) is 0.746. The molecule has 2 aliphatic heterocycles. The van der Waals surface area contributed by atoms with E-state index in [4.69, 9.17) is 10.6 Å². The van der Waals surface area contributed by atoms with Gasteiger partial charge >= 0.3 is 5.97 Å². The molecule has 212 valence electrons. The van der Waals surface area contributed by atoms with E-state index in [1.54, 1.807) is 6.08 Å². The van der Waals surface area contributed by atoms with Gasteiger partial charge in [-0.15, -0.1) is 23.4 Å². The third-order valence-electron chi connectivity index (χ3n) is 5.64. The molecule has 0 saturated carbocycles. The van der Waals surface area contributed by atoms with Crippen LogP contribution >= 0.6 is 35.1 Å². The van der Waals surface area contributed by atoms with Gasteiger partial charge in [-0.2, -0.15) is 9.36 Å². The SMILES string of the molecule is C=CCn1nnnc1SCC1=C(C(=O)O)N2C(=O)C(NC(=O)/C(=N/Oc3ccc(F)cc3)c3nsc(N)n3)C2SC1. The van der Waals surface area contributed by atoms with E-state index in [0.717, 1.165) is 28.6 Å². The van der Waals surface area contributed by atoms with E-state index in [2.05, 4.69) is 41.9 Å². The van der Waals surface area contributed by atoms with E-state index < -0.39 is 35.0 Å². The number of carbonyl (C=O) groups excluding carboxylic acids is 2. The van der Waals surface area contributed by atoms with Gasteiger partial charge in [-0.05, 0) is 40.3 Å². The molecule has 15 nitrogen and oxygen atoms in total. The van der Waals surface area contributed by atoms with Crippen molar-refractivity contribution in [1.29, 1.82) is 0 Å². The highest BCUT2D eigenvalue weighted by molar-refractivity contribution is 8.01. The van der Waals surface area contributed by atoms with Gasteiger partial charge in [0.2, 0.25) is 16.7 Å². The molecule has 3 aromatic rings. The number of nitrogen functional groups attached to an aromatic ring is 1. The Kier molecular flexibility index (Phi) is 8.26. The van der Waals surface area contributed by atoms with Gasteiger partial charge in [-0.1, -0.05) is 23.0 Å². The lowest BCUT2D eigenvalue weighted by atomic mass is 10.0. The Bertz CT molecular complexity index is 1570. The minimum atomic E-state index is -1.27. The van der Waals surface area contributed by atoms with Crippen LogP contribution in [0, 0.1) is 5.82 Å². The maximum absolute atomic E-state index is 13.2. The van der Waals surface area contributed by atoms with Crippen molar-refractivity contribution in [2.75, 3.05) is 17.2 Å². The van der Waals surface area contributed by atoms with Crippen LogP contribution in [0.15, 0.2) is 58.5 Å². The molecule has 19 heteroatoms. The van der Waals surface area contributed by atoms with E-state index in [-0.39, 0.29) is 39.6 Å². The van der Waals surface area contributed by atoms with E-state index in [1.165, 1.54) is 40.3 Å². The maximum Gasteiger partial charge on any atom is 0.352 e. The summed E-state index contributed by atoms with van der Waals surface area (Å²) in [5, 5.41) is 27.6. The van der Waals surface area contributed by atoms with Gasteiger partial charge < -0.3 is 21.0 Å². The number of β-lactam (4-membered cyclic amide) rings is 1. The van der Waals surface area contributed by atoms with Crippen LogP contribution in [0.25, 0.3) is 0 Å². The number of nitrogens with zero attached hydrogens (tertiary/aromatic N) is 8. The van der Waals surface area contributed by atoms with E-state index in [1.807, 2.05) is 0 Å². The number of tetrazole rings is 1. The fourth-order valence-corrected chi connectivity index (χ4v) is 6.61. The maximum atomic E-state index is 13.2. The highest BCUT2D eigenvalue weighted by atomic mass is 32.2. The van der Waals surface area contributed by atoms with Gasteiger partial charge in [0.15, 0.2) is 10.9 Å². The van der Waals surface area contributed by atoms with Crippen LogP contribution in [0.1, 0.15) is 5.82 Å². The summed E-state index contributed by atoms with van der Waals surface area (Å²) in [7, 11) is 0. The summed E-state index contributed by atoms with van der Waals surface area (Å²) in [5.74, 6) is -2.71. The molecular formula is C22H19FN10O5S3. The molecule has 5 rings (SSSR count). The summed E-state index contributed by atoms with van der Waals surface area (Å²) in [4.78, 5) is 48.9. The molecule has 4 heterocycles. The second-order valence-electron chi connectivity index (χ2n) is 8.28. The van der Waals surface area contributed by atoms with Crippen molar-refractivity contribution >= 4 is 63.7 Å². The first-order valence-electron chi connectivity index (χ1n) is 11.6. The zero-order valence-corrected chi connectivity index (χ0v) is 23.2. The number of thioether (sulfide) groups is 2. The smallest absolute Gasteiger partial charge is 0.352 e. The number of nitrogens with two attached hydrogens (primary N) is 1. The molecule has 0 spiro atoms. The van der Waals surface area contributed by atoms with Crippen molar-refractivity contribution in [2.45, 2.75) is 23.1 Å². The Balaban J connectivity index is 1.31. The molecule has 2 aliphatic rings. The van der Waals surface area contributed by atoms with Crippen LogP contribution in [0.3, 0.4) is 0 Å². The predicted molar refractivity (Wildman–Crippen MR) is 146 cm³/mol. The van der Waals surface area contributed by atoms with Crippen molar-refractivity contribution in [1.82, 2.24) is 39.8 Å². The Morgan fingerprint density at radius 1 is 1.37 bits per heavy atom. The first kappa shape index (κ1) is 28.2. The number of halogens is 1. The van der Waals surface area contributed by atoms with Crippen LogP contribution in [-0.4, -0.2) is 86.0 Å². The molecule has 2 aromatic heterocycles. The van der Waals surface area contributed by atoms with Crippen molar-refractivity contribution < 1.29 is 28.7 Å². The van der Waals surface area contributed by atoms with Crippen LogP contribution < -0.4 is 15.9 Å². The summed E-state index contributed by atoms with van der Waals surface area (Å²) < 4.78 is 18.7.